The van der Waals surface area contributed by atoms with Gasteiger partial charge in [0, 0.05) is 6.07 Å². The summed E-state index contributed by atoms with van der Waals surface area (Å²) in [4.78, 5) is 31.5. The number of aromatic nitrogens is 2. The standard InChI is InChI=1S/C21H28N4O4/c1-3-4-5-6-7-11-14-29-19-15-17(23-20(26)21(27)24-28-2)16-22-25(19)18-12-9-8-10-13-18/h8-10,12-13,15-16H,3-7,11,14H2,1-2H3,(H,24,27)/b23-17+. The van der Waals surface area contributed by atoms with E-state index in [0.717, 1.165) is 18.5 Å². The molecule has 0 bridgehead atoms. The third kappa shape index (κ3) is 7.50. The van der Waals surface area contributed by atoms with Crippen molar-refractivity contribution in [3.63, 3.8) is 0 Å². The maximum absolute atomic E-state index is 11.8. The minimum absolute atomic E-state index is 0.228. The smallest absolute Gasteiger partial charge is 0.337 e. The summed E-state index contributed by atoms with van der Waals surface area (Å²) in [5, 5.41) is 4.56. The quantitative estimate of drug-likeness (QED) is 0.376. The number of ether oxygens (including phenoxy) is 1. The summed E-state index contributed by atoms with van der Waals surface area (Å²) >= 11 is 0. The van der Waals surface area contributed by atoms with Gasteiger partial charge in [0.25, 0.3) is 0 Å². The number of hydrogen-bond donors (Lipinski definition) is 1. The molecule has 0 saturated carbocycles. The molecule has 0 atom stereocenters. The van der Waals surface area contributed by atoms with Crippen LogP contribution in [0.4, 0.5) is 0 Å². The Labute approximate surface area is 170 Å². The summed E-state index contributed by atoms with van der Waals surface area (Å²) < 4.78 is 7.57. The van der Waals surface area contributed by atoms with E-state index in [9.17, 15) is 9.59 Å². The summed E-state index contributed by atoms with van der Waals surface area (Å²) in [5.74, 6) is -1.49. The zero-order valence-corrected chi connectivity index (χ0v) is 17.0. The molecule has 8 heteroatoms. The molecule has 29 heavy (non-hydrogen) atoms. The molecule has 1 aromatic heterocycles. The maximum Gasteiger partial charge on any atom is 0.337 e. The van der Waals surface area contributed by atoms with Gasteiger partial charge in [-0.25, -0.2) is 15.2 Å². The molecule has 1 heterocycles. The van der Waals surface area contributed by atoms with E-state index in [1.807, 2.05) is 35.8 Å². The molecule has 156 valence electrons. The Hall–Kier alpha value is -3.00. The largest absolute Gasteiger partial charge is 0.478 e. The van der Waals surface area contributed by atoms with Crippen LogP contribution in [0.5, 0.6) is 5.88 Å². The Balaban J connectivity index is 2.15. The normalized spacial score (nSPS) is 11.3. The van der Waals surface area contributed by atoms with Gasteiger partial charge in [0.15, 0.2) is 0 Å². The molecule has 0 aliphatic heterocycles. The second kappa shape index (κ2) is 12.5. The second-order valence-corrected chi connectivity index (χ2v) is 6.47. The van der Waals surface area contributed by atoms with Gasteiger partial charge >= 0.3 is 11.8 Å². The molecule has 1 aromatic carbocycles. The number of carbonyl (C=O) groups excluding carboxylic acids is 2. The average molecular weight is 400 g/mol. The van der Waals surface area contributed by atoms with Gasteiger partial charge in [-0.3, -0.25) is 14.4 Å². The number of para-hydroxylation sites is 1. The molecule has 0 fully saturated rings. The van der Waals surface area contributed by atoms with Gasteiger partial charge in [-0.05, 0) is 18.6 Å². The molecule has 0 spiro atoms. The van der Waals surface area contributed by atoms with E-state index in [2.05, 4.69) is 21.9 Å². The van der Waals surface area contributed by atoms with Crippen LogP contribution < -0.4 is 15.6 Å². The molecule has 0 radical (unpaired) electrons. The van der Waals surface area contributed by atoms with Crippen LogP contribution in [0.25, 0.3) is 5.69 Å². The molecule has 0 aliphatic carbocycles. The maximum atomic E-state index is 11.8. The summed E-state index contributed by atoms with van der Waals surface area (Å²) in [6.07, 6.45) is 8.33. The summed E-state index contributed by atoms with van der Waals surface area (Å²) in [5.41, 5.74) is 2.76. The number of nitrogens with zero attached hydrogens (tertiary/aromatic N) is 3. The Bertz CT molecular complexity index is 849. The highest BCUT2D eigenvalue weighted by Gasteiger charge is 2.12. The first kappa shape index (κ1) is 22.3. The molecule has 0 saturated heterocycles. The number of nitrogens with one attached hydrogen (secondary N) is 1. The Morgan fingerprint density at radius 2 is 1.83 bits per heavy atom. The lowest BCUT2D eigenvalue weighted by Crippen LogP contribution is -2.30. The summed E-state index contributed by atoms with van der Waals surface area (Å²) in [6.45, 7) is 2.72. The number of rotatable bonds is 10. The van der Waals surface area contributed by atoms with Crippen molar-refractivity contribution in [1.29, 1.82) is 0 Å². The highest BCUT2D eigenvalue weighted by atomic mass is 16.6. The van der Waals surface area contributed by atoms with E-state index in [-0.39, 0.29) is 5.36 Å². The van der Waals surface area contributed by atoms with Gasteiger partial charge in [-0.1, -0.05) is 57.2 Å². The van der Waals surface area contributed by atoms with Crippen molar-refractivity contribution in [3.8, 4) is 11.6 Å². The van der Waals surface area contributed by atoms with E-state index in [1.54, 1.807) is 10.7 Å². The van der Waals surface area contributed by atoms with E-state index in [0.29, 0.717) is 12.5 Å². The van der Waals surface area contributed by atoms with Gasteiger partial charge in [0.2, 0.25) is 5.88 Å². The first-order valence-electron chi connectivity index (χ1n) is 9.85. The van der Waals surface area contributed by atoms with Crippen molar-refractivity contribution in [2.45, 2.75) is 45.4 Å². The minimum Gasteiger partial charge on any atom is -0.478 e. The van der Waals surface area contributed by atoms with Crippen LogP contribution in [-0.4, -0.2) is 35.3 Å². The summed E-state index contributed by atoms with van der Waals surface area (Å²) in [7, 11) is 1.24. The molecule has 0 unspecified atom stereocenters. The van der Waals surface area contributed by atoms with Crippen molar-refractivity contribution >= 4 is 11.8 Å². The zero-order valence-electron chi connectivity index (χ0n) is 17.0. The van der Waals surface area contributed by atoms with Crippen molar-refractivity contribution in [2.24, 2.45) is 4.99 Å². The first-order valence-corrected chi connectivity index (χ1v) is 9.85. The van der Waals surface area contributed by atoms with E-state index in [4.69, 9.17) is 4.74 Å². The van der Waals surface area contributed by atoms with Crippen molar-refractivity contribution in [1.82, 2.24) is 15.3 Å². The third-order valence-corrected chi connectivity index (χ3v) is 4.15. The SMILES string of the molecule is CCCCCCCCOc1c/c(=N\C(=O)C(=O)NOC)cnn1-c1ccccc1. The topological polar surface area (TPSA) is 94.8 Å². The van der Waals surface area contributed by atoms with E-state index in [1.165, 1.54) is 39.0 Å². The van der Waals surface area contributed by atoms with Crippen LogP contribution in [0, 0.1) is 0 Å². The fourth-order valence-electron chi connectivity index (χ4n) is 2.69. The first-order chi connectivity index (χ1) is 14.2. The van der Waals surface area contributed by atoms with Crippen LogP contribution >= 0.6 is 0 Å². The zero-order chi connectivity index (χ0) is 20.9. The highest BCUT2D eigenvalue weighted by Crippen LogP contribution is 2.15. The number of carbonyl (C=O) groups is 2. The van der Waals surface area contributed by atoms with Gasteiger partial charge in [0.05, 0.1) is 31.0 Å². The average Bonchev–Trinajstić information content (AvgIpc) is 2.74. The Morgan fingerprint density at radius 1 is 1.10 bits per heavy atom. The van der Waals surface area contributed by atoms with Crippen LogP contribution in [0.2, 0.25) is 0 Å². The fourth-order valence-corrected chi connectivity index (χ4v) is 2.69. The van der Waals surface area contributed by atoms with E-state index < -0.39 is 11.8 Å². The van der Waals surface area contributed by atoms with Crippen molar-refractivity contribution in [3.05, 3.63) is 48.0 Å². The molecule has 2 rings (SSSR count). The van der Waals surface area contributed by atoms with Crippen molar-refractivity contribution < 1.29 is 19.2 Å². The van der Waals surface area contributed by atoms with Crippen LogP contribution in [0.1, 0.15) is 45.4 Å². The van der Waals surface area contributed by atoms with Gasteiger partial charge in [-0.2, -0.15) is 5.10 Å². The fraction of sp³-hybridized carbons (Fsp3) is 0.429. The van der Waals surface area contributed by atoms with Gasteiger partial charge in [-0.15, -0.1) is 0 Å². The molecule has 2 aromatic rings. The van der Waals surface area contributed by atoms with Crippen LogP contribution in [0.15, 0.2) is 47.6 Å². The molecule has 8 nitrogen and oxygen atoms in total. The number of benzene rings is 1. The Kier molecular flexibility index (Phi) is 9.57. The molecular formula is C21H28N4O4. The predicted molar refractivity (Wildman–Crippen MR) is 108 cm³/mol. The van der Waals surface area contributed by atoms with Crippen molar-refractivity contribution in [2.75, 3.05) is 13.7 Å². The number of amides is 2. The van der Waals surface area contributed by atoms with Crippen LogP contribution in [-0.2, 0) is 14.4 Å². The van der Waals surface area contributed by atoms with Crippen LogP contribution in [0.3, 0.4) is 0 Å². The monoisotopic (exact) mass is 400 g/mol. The number of unbranched alkanes of at least 4 members (excludes halogenated alkanes) is 5. The summed E-state index contributed by atoms with van der Waals surface area (Å²) in [6, 6.07) is 11.1. The van der Waals surface area contributed by atoms with E-state index >= 15 is 0 Å². The highest BCUT2D eigenvalue weighted by molar-refractivity contribution is 6.35. The lowest BCUT2D eigenvalue weighted by molar-refractivity contribution is -0.143. The lowest BCUT2D eigenvalue weighted by atomic mass is 10.1. The Morgan fingerprint density at radius 3 is 2.55 bits per heavy atom. The molecular weight excluding hydrogens is 372 g/mol. The molecule has 2 amide bonds. The lowest BCUT2D eigenvalue weighted by Gasteiger charge is -2.13. The third-order valence-electron chi connectivity index (χ3n) is 4.15. The number of hydroxylamine groups is 1. The predicted octanol–water partition coefficient (Wildman–Crippen LogP) is 2.72. The molecule has 0 aliphatic rings. The molecule has 1 N–H and O–H groups in total. The number of hydrogen-bond acceptors (Lipinski definition) is 5. The minimum atomic E-state index is -0.979. The second-order valence-electron chi connectivity index (χ2n) is 6.47. The van der Waals surface area contributed by atoms with Gasteiger partial charge < -0.3 is 4.74 Å². The van der Waals surface area contributed by atoms with Gasteiger partial charge in [0.1, 0.15) is 0 Å².